The van der Waals surface area contributed by atoms with Crippen LogP contribution >= 0.6 is 0 Å². The van der Waals surface area contributed by atoms with Crippen LogP contribution in [-0.2, 0) is 0 Å². The fraction of sp³-hybridized carbons (Fsp3) is 1.00. The Bertz CT molecular complexity index is 265. The van der Waals surface area contributed by atoms with Crippen molar-refractivity contribution in [3.05, 3.63) is 0 Å². The van der Waals surface area contributed by atoms with E-state index in [1.54, 1.807) is 12.8 Å². The molecule has 2 heteroatoms. The second kappa shape index (κ2) is 6.13. The van der Waals surface area contributed by atoms with E-state index in [4.69, 9.17) is 0 Å². The van der Waals surface area contributed by atoms with Crippen LogP contribution in [0.15, 0.2) is 0 Å². The maximum absolute atomic E-state index is 3.35. The van der Waals surface area contributed by atoms with E-state index in [1.165, 1.54) is 71.0 Å². The zero-order valence-electron chi connectivity index (χ0n) is 12.8. The molecular weight excluding hydrogens is 232 g/mol. The average molecular weight is 264 g/mol. The van der Waals surface area contributed by atoms with Crippen LogP contribution in [0.25, 0.3) is 0 Å². The molecule has 0 bridgehead atoms. The predicted octanol–water partition coefficient (Wildman–Crippen LogP) is 3.42. The minimum Gasteiger partial charge on any atom is -0.319 e. The van der Waals surface area contributed by atoms with Crippen molar-refractivity contribution in [3.63, 3.8) is 0 Å². The summed E-state index contributed by atoms with van der Waals surface area (Å²) in [7, 11) is 2.09. The van der Waals surface area contributed by atoms with Gasteiger partial charge < -0.3 is 10.2 Å². The lowest BCUT2D eigenvalue weighted by molar-refractivity contribution is 0.0654. The number of likely N-dealkylation sites (tertiary alicyclic amines) is 1. The summed E-state index contributed by atoms with van der Waals surface area (Å²) in [4.78, 5) is 2.83. The van der Waals surface area contributed by atoms with Gasteiger partial charge in [0.25, 0.3) is 0 Å². The Labute approximate surface area is 119 Å². The predicted molar refractivity (Wildman–Crippen MR) is 81.4 cm³/mol. The highest BCUT2D eigenvalue weighted by molar-refractivity contribution is 4.92. The van der Waals surface area contributed by atoms with E-state index in [1.807, 2.05) is 0 Å². The van der Waals surface area contributed by atoms with Crippen LogP contribution in [-0.4, -0.2) is 37.6 Å². The number of nitrogens with one attached hydrogen (secondary N) is 1. The molecule has 0 atom stereocenters. The first-order valence-corrected chi connectivity index (χ1v) is 8.70. The number of piperidine rings is 1. The van der Waals surface area contributed by atoms with E-state index in [0.29, 0.717) is 0 Å². The van der Waals surface area contributed by atoms with Gasteiger partial charge in [-0.2, -0.15) is 0 Å². The van der Waals surface area contributed by atoms with Crippen LogP contribution in [0, 0.1) is 11.3 Å². The van der Waals surface area contributed by atoms with E-state index in [0.717, 1.165) is 17.4 Å². The smallest absolute Gasteiger partial charge is 0.00956 e. The van der Waals surface area contributed by atoms with Crippen LogP contribution in [0.4, 0.5) is 0 Å². The van der Waals surface area contributed by atoms with Crippen molar-refractivity contribution >= 4 is 0 Å². The Balaban J connectivity index is 1.44. The van der Waals surface area contributed by atoms with Crippen molar-refractivity contribution in [2.45, 2.75) is 70.3 Å². The van der Waals surface area contributed by atoms with Gasteiger partial charge in [0.1, 0.15) is 0 Å². The van der Waals surface area contributed by atoms with Gasteiger partial charge in [-0.3, -0.25) is 0 Å². The van der Waals surface area contributed by atoms with E-state index in [9.17, 15) is 0 Å². The summed E-state index contributed by atoms with van der Waals surface area (Å²) in [5, 5.41) is 3.35. The Morgan fingerprint density at radius 1 is 0.947 bits per heavy atom. The lowest BCUT2D eigenvalue weighted by atomic mass is 9.71. The molecule has 3 fully saturated rings. The van der Waals surface area contributed by atoms with Gasteiger partial charge in [0, 0.05) is 6.04 Å². The van der Waals surface area contributed by atoms with E-state index in [2.05, 4.69) is 17.3 Å². The number of nitrogens with zero attached hydrogens (tertiary/aromatic N) is 1. The SMILES string of the molecule is CNCC1CCN(C2CCC3(CCCC3)CC2)CC1. The van der Waals surface area contributed by atoms with Gasteiger partial charge in [-0.15, -0.1) is 0 Å². The molecule has 2 saturated carbocycles. The van der Waals surface area contributed by atoms with Crippen LogP contribution in [0.5, 0.6) is 0 Å². The van der Waals surface area contributed by atoms with Crippen molar-refractivity contribution in [1.29, 1.82) is 0 Å². The highest BCUT2D eigenvalue weighted by Gasteiger charge is 2.39. The molecule has 0 aromatic carbocycles. The van der Waals surface area contributed by atoms with Crippen molar-refractivity contribution in [1.82, 2.24) is 10.2 Å². The third kappa shape index (κ3) is 3.16. The molecule has 2 aliphatic carbocycles. The molecule has 1 N–H and O–H groups in total. The molecule has 110 valence electrons. The van der Waals surface area contributed by atoms with Gasteiger partial charge in [0.05, 0.1) is 0 Å². The molecule has 3 rings (SSSR count). The second-order valence-electron chi connectivity index (χ2n) is 7.48. The second-order valence-corrected chi connectivity index (χ2v) is 7.48. The normalized spacial score (nSPS) is 30.2. The number of hydrogen-bond donors (Lipinski definition) is 1. The standard InChI is InChI=1S/C17H32N2/c1-18-14-15-6-12-19(13-7-15)16-4-10-17(11-5-16)8-2-3-9-17/h15-16,18H,2-14H2,1H3. The molecular formula is C17H32N2. The third-order valence-electron chi connectivity index (χ3n) is 6.34. The lowest BCUT2D eigenvalue weighted by Crippen LogP contribution is -2.45. The van der Waals surface area contributed by atoms with E-state index >= 15 is 0 Å². The minimum atomic E-state index is 0.807. The molecule has 0 aromatic heterocycles. The first kappa shape index (κ1) is 13.9. The molecule has 1 aliphatic heterocycles. The summed E-state index contributed by atoms with van der Waals surface area (Å²) in [6.07, 6.45) is 15.0. The van der Waals surface area contributed by atoms with Crippen molar-refractivity contribution < 1.29 is 0 Å². The molecule has 1 heterocycles. The quantitative estimate of drug-likeness (QED) is 0.840. The summed E-state index contributed by atoms with van der Waals surface area (Å²) < 4.78 is 0. The molecule has 1 spiro atoms. The monoisotopic (exact) mass is 264 g/mol. The van der Waals surface area contributed by atoms with Crippen molar-refractivity contribution in [3.8, 4) is 0 Å². The first-order valence-electron chi connectivity index (χ1n) is 8.70. The van der Waals surface area contributed by atoms with E-state index < -0.39 is 0 Å². The maximum atomic E-state index is 3.35. The molecule has 0 radical (unpaired) electrons. The first-order chi connectivity index (χ1) is 9.31. The van der Waals surface area contributed by atoms with Crippen LogP contribution < -0.4 is 5.32 Å². The highest BCUT2D eigenvalue weighted by atomic mass is 15.2. The minimum absolute atomic E-state index is 0.807. The summed E-state index contributed by atoms with van der Waals surface area (Å²) >= 11 is 0. The summed E-state index contributed by atoms with van der Waals surface area (Å²) in [6, 6.07) is 0.932. The Morgan fingerprint density at radius 3 is 2.16 bits per heavy atom. The summed E-state index contributed by atoms with van der Waals surface area (Å²) in [6.45, 7) is 3.95. The Hall–Kier alpha value is -0.0800. The van der Waals surface area contributed by atoms with Gasteiger partial charge in [0.15, 0.2) is 0 Å². The lowest BCUT2D eigenvalue weighted by Gasteiger charge is -2.44. The fourth-order valence-corrected chi connectivity index (χ4v) is 5.02. The Kier molecular flexibility index (Phi) is 4.48. The highest BCUT2D eigenvalue weighted by Crippen LogP contribution is 2.49. The van der Waals surface area contributed by atoms with Crippen molar-refractivity contribution in [2.75, 3.05) is 26.7 Å². The molecule has 0 aromatic rings. The van der Waals surface area contributed by atoms with Gasteiger partial charge in [-0.1, -0.05) is 12.8 Å². The fourth-order valence-electron chi connectivity index (χ4n) is 5.02. The largest absolute Gasteiger partial charge is 0.319 e. The zero-order chi connectivity index (χ0) is 13.1. The molecule has 0 unspecified atom stereocenters. The zero-order valence-corrected chi connectivity index (χ0v) is 12.8. The van der Waals surface area contributed by atoms with Gasteiger partial charge >= 0.3 is 0 Å². The molecule has 2 nitrogen and oxygen atoms in total. The van der Waals surface area contributed by atoms with Crippen molar-refractivity contribution in [2.24, 2.45) is 11.3 Å². The molecule has 0 amide bonds. The van der Waals surface area contributed by atoms with Gasteiger partial charge in [-0.25, -0.2) is 0 Å². The third-order valence-corrected chi connectivity index (χ3v) is 6.34. The molecule has 3 aliphatic rings. The van der Waals surface area contributed by atoms with Gasteiger partial charge in [0.2, 0.25) is 0 Å². The average Bonchev–Trinajstić information content (AvgIpc) is 2.90. The van der Waals surface area contributed by atoms with Crippen LogP contribution in [0.2, 0.25) is 0 Å². The molecule has 19 heavy (non-hydrogen) atoms. The Morgan fingerprint density at radius 2 is 1.58 bits per heavy atom. The maximum Gasteiger partial charge on any atom is 0.00956 e. The number of hydrogen-bond acceptors (Lipinski definition) is 2. The number of rotatable bonds is 3. The molecule has 1 saturated heterocycles. The summed E-state index contributed by atoms with van der Waals surface area (Å²) in [5.74, 6) is 0.936. The summed E-state index contributed by atoms with van der Waals surface area (Å²) in [5.41, 5.74) is 0.807. The van der Waals surface area contributed by atoms with Crippen LogP contribution in [0.3, 0.4) is 0 Å². The van der Waals surface area contributed by atoms with Crippen LogP contribution in [0.1, 0.15) is 64.2 Å². The topological polar surface area (TPSA) is 15.3 Å². The van der Waals surface area contributed by atoms with E-state index in [-0.39, 0.29) is 0 Å². The van der Waals surface area contributed by atoms with Gasteiger partial charge in [-0.05, 0) is 89.4 Å².